The summed E-state index contributed by atoms with van der Waals surface area (Å²) in [5.74, 6) is 2.73. The van der Waals surface area contributed by atoms with Crippen LogP contribution in [0.15, 0.2) is 12.1 Å². The molecule has 1 saturated heterocycles. The SMILES string of the molecule is COc1ccc(C[NH+]2C[C@H](C)C[C@@H](C)C2)c(C)c1C. The third kappa shape index (κ3) is 3.30. The number of hydrogen-bond donors (Lipinski definition) is 1. The van der Waals surface area contributed by atoms with Gasteiger partial charge in [-0.15, -0.1) is 0 Å². The van der Waals surface area contributed by atoms with Gasteiger partial charge in [0.15, 0.2) is 0 Å². The Kier molecular flexibility index (Phi) is 4.51. The Balaban J connectivity index is 2.13. The van der Waals surface area contributed by atoms with Gasteiger partial charge in [-0.05, 0) is 43.5 Å². The van der Waals surface area contributed by atoms with Crippen molar-refractivity contribution in [3.8, 4) is 5.75 Å². The molecule has 2 nitrogen and oxygen atoms in total. The second kappa shape index (κ2) is 5.96. The first-order valence-electron chi connectivity index (χ1n) is 7.47. The topological polar surface area (TPSA) is 13.7 Å². The molecule has 2 atom stereocenters. The normalized spacial score (nSPS) is 27.3. The number of likely N-dealkylation sites (tertiary alicyclic amines) is 1. The lowest BCUT2D eigenvalue weighted by atomic mass is 9.91. The summed E-state index contributed by atoms with van der Waals surface area (Å²) >= 11 is 0. The molecule has 1 aromatic carbocycles. The summed E-state index contributed by atoms with van der Waals surface area (Å²) in [6.07, 6.45) is 1.39. The van der Waals surface area contributed by atoms with E-state index in [1.54, 1.807) is 12.0 Å². The number of piperidine rings is 1. The molecule has 1 aromatic rings. The first-order chi connectivity index (χ1) is 9.01. The van der Waals surface area contributed by atoms with Crippen LogP contribution < -0.4 is 9.64 Å². The van der Waals surface area contributed by atoms with Gasteiger partial charge in [0.25, 0.3) is 0 Å². The summed E-state index contributed by atoms with van der Waals surface area (Å²) < 4.78 is 5.40. The van der Waals surface area contributed by atoms with Gasteiger partial charge in [0.05, 0.1) is 20.2 Å². The molecule has 0 saturated carbocycles. The molecule has 106 valence electrons. The van der Waals surface area contributed by atoms with Crippen LogP contribution in [0.3, 0.4) is 0 Å². The molecule has 1 fully saturated rings. The maximum absolute atomic E-state index is 5.40. The van der Waals surface area contributed by atoms with Crippen molar-refractivity contribution in [1.82, 2.24) is 0 Å². The van der Waals surface area contributed by atoms with E-state index >= 15 is 0 Å². The largest absolute Gasteiger partial charge is 0.496 e. The summed E-state index contributed by atoms with van der Waals surface area (Å²) in [5.41, 5.74) is 4.17. The smallest absolute Gasteiger partial charge is 0.122 e. The summed E-state index contributed by atoms with van der Waals surface area (Å²) in [6.45, 7) is 13.0. The second-order valence-corrected chi connectivity index (χ2v) is 6.46. The van der Waals surface area contributed by atoms with Crippen LogP contribution in [0, 0.1) is 25.7 Å². The van der Waals surface area contributed by atoms with Crippen molar-refractivity contribution in [2.45, 2.75) is 40.7 Å². The average Bonchev–Trinajstić information content (AvgIpc) is 2.34. The predicted molar refractivity (Wildman–Crippen MR) is 79.8 cm³/mol. The van der Waals surface area contributed by atoms with Gasteiger partial charge in [-0.1, -0.05) is 13.8 Å². The second-order valence-electron chi connectivity index (χ2n) is 6.46. The quantitative estimate of drug-likeness (QED) is 0.883. The van der Waals surface area contributed by atoms with Crippen LogP contribution in [0.1, 0.15) is 37.0 Å². The zero-order valence-corrected chi connectivity index (χ0v) is 13.0. The highest BCUT2D eigenvalue weighted by Crippen LogP contribution is 2.23. The fourth-order valence-corrected chi connectivity index (χ4v) is 3.60. The van der Waals surface area contributed by atoms with E-state index in [1.165, 1.54) is 36.2 Å². The van der Waals surface area contributed by atoms with E-state index < -0.39 is 0 Å². The molecule has 2 heteroatoms. The van der Waals surface area contributed by atoms with Gasteiger partial charge in [-0.25, -0.2) is 0 Å². The molecule has 0 radical (unpaired) electrons. The van der Waals surface area contributed by atoms with Gasteiger partial charge in [-0.2, -0.15) is 0 Å². The molecule has 0 spiro atoms. The van der Waals surface area contributed by atoms with Crippen molar-refractivity contribution in [3.63, 3.8) is 0 Å². The zero-order valence-electron chi connectivity index (χ0n) is 13.0. The van der Waals surface area contributed by atoms with Crippen LogP contribution in [0.2, 0.25) is 0 Å². The van der Waals surface area contributed by atoms with Gasteiger partial charge in [0, 0.05) is 17.4 Å². The van der Waals surface area contributed by atoms with Gasteiger partial charge < -0.3 is 9.64 Å². The maximum Gasteiger partial charge on any atom is 0.122 e. The molecule has 1 aliphatic rings. The summed E-state index contributed by atoms with van der Waals surface area (Å²) in [4.78, 5) is 1.74. The highest BCUT2D eigenvalue weighted by Gasteiger charge is 2.25. The molecular formula is C17H28NO+. The third-order valence-corrected chi connectivity index (χ3v) is 4.59. The minimum absolute atomic E-state index is 0.860. The number of quaternary nitrogens is 1. The number of benzene rings is 1. The number of ether oxygens (including phenoxy) is 1. The molecule has 0 aromatic heterocycles. The molecular weight excluding hydrogens is 234 g/mol. The summed E-state index contributed by atoms with van der Waals surface area (Å²) in [6, 6.07) is 4.37. The Morgan fingerprint density at radius 3 is 2.32 bits per heavy atom. The predicted octanol–water partition coefficient (Wildman–Crippen LogP) is 2.37. The standard InChI is InChI=1S/C17H27NO/c1-12-8-13(2)10-18(9-12)11-16-6-7-17(19-5)15(4)14(16)3/h6-7,12-13H,8-11H2,1-5H3/p+1/t12-,13-/m1/s1. The van der Waals surface area contributed by atoms with Crippen molar-refractivity contribution in [3.05, 3.63) is 28.8 Å². The van der Waals surface area contributed by atoms with Crippen molar-refractivity contribution in [2.75, 3.05) is 20.2 Å². The van der Waals surface area contributed by atoms with E-state index in [-0.39, 0.29) is 0 Å². The van der Waals surface area contributed by atoms with Crippen LogP contribution in [-0.4, -0.2) is 20.2 Å². The summed E-state index contributed by atoms with van der Waals surface area (Å²) in [7, 11) is 1.75. The fourth-order valence-electron chi connectivity index (χ4n) is 3.60. The number of methoxy groups -OCH3 is 1. The molecule has 0 bridgehead atoms. The molecule has 1 aliphatic heterocycles. The Bertz CT molecular complexity index is 431. The zero-order chi connectivity index (χ0) is 14.0. The van der Waals surface area contributed by atoms with Gasteiger partial charge in [0.1, 0.15) is 12.3 Å². The molecule has 2 rings (SSSR count). The van der Waals surface area contributed by atoms with Crippen LogP contribution in [0.5, 0.6) is 5.75 Å². The van der Waals surface area contributed by atoms with Crippen molar-refractivity contribution < 1.29 is 9.64 Å². The van der Waals surface area contributed by atoms with E-state index in [0.717, 1.165) is 24.1 Å². The average molecular weight is 262 g/mol. The monoisotopic (exact) mass is 262 g/mol. The number of nitrogens with one attached hydrogen (secondary N) is 1. The molecule has 0 unspecified atom stereocenters. The van der Waals surface area contributed by atoms with Crippen molar-refractivity contribution in [1.29, 1.82) is 0 Å². The van der Waals surface area contributed by atoms with Crippen LogP contribution >= 0.6 is 0 Å². The molecule has 19 heavy (non-hydrogen) atoms. The first kappa shape index (κ1) is 14.4. The van der Waals surface area contributed by atoms with Crippen molar-refractivity contribution >= 4 is 0 Å². The Morgan fingerprint density at radius 1 is 1.11 bits per heavy atom. The van der Waals surface area contributed by atoms with E-state index in [2.05, 4.69) is 39.8 Å². The van der Waals surface area contributed by atoms with Gasteiger partial charge in [-0.3, -0.25) is 0 Å². The lowest BCUT2D eigenvalue weighted by molar-refractivity contribution is -0.925. The van der Waals surface area contributed by atoms with Gasteiger partial charge >= 0.3 is 0 Å². The Labute approximate surface area is 117 Å². The lowest BCUT2D eigenvalue weighted by Crippen LogP contribution is -3.13. The highest BCUT2D eigenvalue weighted by atomic mass is 16.5. The van der Waals surface area contributed by atoms with Crippen LogP contribution in [0.4, 0.5) is 0 Å². The van der Waals surface area contributed by atoms with Crippen molar-refractivity contribution in [2.24, 2.45) is 11.8 Å². The van der Waals surface area contributed by atoms with E-state index in [9.17, 15) is 0 Å². The molecule has 1 N–H and O–H groups in total. The van der Waals surface area contributed by atoms with E-state index in [4.69, 9.17) is 4.74 Å². The third-order valence-electron chi connectivity index (χ3n) is 4.59. The number of hydrogen-bond acceptors (Lipinski definition) is 1. The van der Waals surface area contributed by atoms with E-state index in [0.29, 0.717) is 0 Å². The number of rotatable bonds is 3. The lowest BCUT2D eigenvalue weighted by Gasteiger charge is -2.32. The minimum atomic E-state index is 0.860. The minimum Gasteiger partial charge on any atom is -0.496 e. The summed E-state index contributed by atoms with van der Waals surface area (Å²) in [5, 5.41) is 0. The first-order valence-corrected chi connectivity index (χ1v) is 7.47. The molecule has 0 aliphatic carbocycles. The Hall–Kier alpha value is -1.02. The Morgan fingerprint density at radius 2 is 1.74 bits per heavy atom. The van der Waals surface area contributed by atoms with Crippen LogP contribution in [-0.2, 0) is 6.54 Å². The van der Waals surface area contributed by atoms with Crippen LogP contribution in [0.25, 0.3) is 0 Å². The highest BCUT2D eigenvalue weighted by molar-refractivity contribution is 5.43. The van der Waals surface area contributed by atoms with E-state index in [1.807, 2.05) is 0 Å². The van der Waals surface area contributed by atoms with Gasteiger partial charge in [0.2, 0.25) is 0 Å². The fraction of sp³-hybridized carbons (Fsp3) is 0.647. The maximum atomic E-state index is 5.40. The molecule has 1 heterocycles. The molecule has 0 amide bonds.